The predicted molar refractivity (Wildman–Crippen MR) is 85.6 cm³/mol. The van der Waals surface area contributed by atoms with E-state index in [2.05, 4.69) is 15.5 Å². The fraction of sp³-hybridized carbons (Fsp3) is 0.125. The van der Waals surface area contributed by atoms with E-state index in [0.29, 0.717) is 17.1 Å². The summed E-state index contributed by atoms with van der Waals surface area (Å²) in [6, 6.07) is 12.4. The lowest BCUT2D eigenvalue weighted by Gasteiger charge is -2.08. The second-order valence-corrected chi connectivity index (χ2v) is 5.13. The Kier molecular flexibility index (Phi) is 3.76. The predicted octanol–water partition coefficient (Wildman–Crippen LogP) is 4.01. The molecule has 0 spiro atoms. The van der Waals surface area contributed by atoms with Crippen LogP contribution < -0.4 is 5.32 Å². The molecule has 0 aliphatic rings. The molecule has 0 fully saturated rings. The molecule has 1 N–H and O–H groups in total. The maximum atomic E-state index is 11.4. The Balaban J connectivity index is 1.99. The summed E-state index contributed by atoms with van der Waals surface area (Å²) >= 11 is 0. The number of nitro benzene ring substituents is 1. The van der Waals surface area contributed by atoms with Gasteiger partial charge in [-0.25, -0.2) is 0 Å². The van der Waals surface area contributed by atoms with Gasteiger partial charge in [-0.05, 0) is 43.7 Å². The van der Waals surface area contributed by atoms with Crippen molar-refractivity contribution in [1.29, 1.82) is 0 Å². The first-order valence-electron chi connectivity index (χ1n) is 6.96. The molecule has 0 bridgehead atoms. The van der Waals surface area contributed by atoms with Crippen molar-refractivity contribution in [2.24, 2.45) is 0 Å². The summed E-state index contributed by atoms with van der Waals surface area (Å²) in [6.07, 6.45) is 0. The van der Waals surface area contributed by atoms with Crippen LogP contribution in [0, 0.1) is 24.0 Å². The molecule has 7 nitrogen and oxygen atoms in total. The summed E-state index contributed by atoms with van der Waals surface area (Å²) in [4.78, 5) is 15.0. The highest BCUT2D eigenvalue weighted by atomic mass is 16.6. The highest BCUT2D eigenvalue weighted by Crippen LogP contribution is 2.32. The van der Waals surface area contributed by atoms with Gasteiger partial charge >= 0.3 is 0 Å². The second kappa shape index (κ2) is 5.88. The maximum absolute atomic E-state index is 11.4. The lowest BCUT2D eigenvalue weighted by Crippen LogP contribution is -1.98. The van der Waals surface area contributed by atoms with Crippen LogP contribution in [0.4, 0.5) is 17.1 Å². The van der Waals surface area contributed by atoms with Crippen molar-refractivity contribution < 1.29 is 9.45 Å². The van der Waals surface area contributed by atoms with Crippen molar-refractivity contribution in [3.63, 3.8) is 0 Å². The van der Waals surface area contributed by atoms with E-state index >= 15 is 0 Å². The number of nitro groups is 1. The summed E-state index contributed by atoms with van der Waals surface area (Å²) in [6.45, 7) is 3.65. The number of benzene rings is 2. The number of anilines is 2. The van der Waals surface area contributed by atoms with E-state index in [9.17, 15) is 10.1 Å². The van der Waals surface area contributed by atoms with E-state index in [1.807, 2.05) is 31.2 Å². The van der Waals surface area contributed by atoms with Gasteiger partial charge in [-0.15, -0.1) is 0 Å². The number of hydrogen-bond donors (Lipinski definition) is 1. The maximum Gasteiger partial charge on any atom is 0.293 e. The summed E-state index contributed by atoms with van der Waals surface area (Å²) in [5.41, 5.74) is 2.71. The Morgan fingerprint density at radius 2 is 2.00 bits per heavy atom. The number of hydrogen-bond acceptors (Lipinski definition) is 6. The van der Waals surface area contributed by atoms with Crippen LogP contribution in [-0.4, -0.2) is 15.1 Å². The molecule has 7 heteroatoms. The van der Waals surface area contributed by atoms with Crippen LogP contribution in [0.15, 0.2) is 47.0 Å². The van der Waals surface area contributed by atoms with Gasteiger partial charge in [-0.3, -0.25) is 10.1 Å². The topological polar surface area (TPSA) is 94.1 Å². The highest BCUT2D eigenvalue weighted by Gasteiger charge is 2.18. The van der Waals surface area contributed by atoms with Gasteiger partial charge in [0.05, 0.1) is 4.92 Å². The number of nitrogens with one attached hydrogen (secondary N) is 1. The van der Waals surface area contributed by atoms with Gasteiger partial charge in [0.2, 0.25) is 0 Å². The fourth-order valence-corrected chi connectivity index (χ4v) is 2.21. The van der Waals surface area contributed by atoms with E-state index in [1.165, 1.54) is 6.07 Å². The fourth-order valence-electron chi connectivity index (χ4n) is 2.21. The third-order valence-corrected chi connectivity index (χ3v) is 3.27. The molecule has 1 aromatic heterocycles. The molecule has 1 heterocycles. The lowest BCUT2D eigenvalue weighted by atomic mass is 10.1. The molecule has 0 atom stereocenters. The molecule has 116 valence electrons. The molecule has 2 aromatic carbocycles. The summed E-state index contributed by atoms with van der Waals surface area (Å²) < 4.78 is 5.05. The molecular weight excluding hydrogens is 296 g/mol. The molecule has 0 saturated carbocycles. The highest BCUT2D eigenvalue weighted by molar-refractivity contribution is 5.74. The number of rotatable bonds is 4. The third-order valence-electron chi connectivity index (χ3n) is 3.27. The molecule has 0 saturated heterocycles. The van der Waals surface area contributed by atoms with Crippen LogP contribution in [0.25, 0.3) is 11.5 Å². The molecule has 0 aliphatic heterocycles. The minimum Gasteiger partial charge on any atom is -0.350 e. The van der Waals surface area contributed by atoms with Gasteiger partial charge < -0.3 is 9.84 Å². The lowest BCUT2D eigenvalue weighted by molar-refractivity contribution is -0.383. The molecular formula is C16H14N4O3. The average molecular weight is 310 g/mol. The normalized spacial score (nSPS) is 10.5. The van der Waals surface area contributed by atoms with E-state index in [-0.39, 0.29) is 11.6 Å². The SMILES string of the molecule is Cc1cccc(Nc2ccc(-c3nc(C)no3)cc2[N+](=O)[O-])c1. The van der Waals surface area contributed by atoms with Gasteiger partial charge in [-0.1, -0.05) is 17.3 Å². The summed E-state index contributed by atoms with van der Waals surface area (Å²) in [7, 11) is 0. The molecule has 0 radical (unpaired) electrons. The van der Waals surface area contributed by atoms with Gasteiger partial charge in [-0.2, -0.15) is 4.98 Å². The first-order chi connectivity index (χ1) is 11.0. The molecule has 3 rings (SSSR count). The second-order valence-electron chi connectivity index (χ2n) is 5.13. The largest absolute Gasteiger partial charge is 0.350 e. The van der Waals surface area contributed by atoms with Crippen LogP contribution in [0.2, 0.25) is 0 Å². The first-order valence-corrected chi connectivity index (χ1v) is 6.96. The van der Waals surface area contributed by atoms with Crippen molar-refractivity contribution in [2.75, 3.05) is 5.32 Å². The van der Waals surface area contributed by atoms with Crippen molar-refractivity contribution in [2.45, 2.75) is 13.8 Å². The minimum atomic E-state index is -0.440. The number of aryl methyl sites for hydroxylation is 2. The standard InChI is InChI=1S/C16H14N4O3/c1-10-4-3-5-13(8-10)18-14-7-6-12(9-15(14)20(21)22)16-17-11(2)19-23-16/h3-9,18H,1-2H3. The minimum absolute atomic E-state index is 0.0557. The van der Waals surface area contributed by atoms with Gasteiger partial charge in [0.1, 0.15) is 5.69 Å². The van der Waals surface area contributed by atoms with Gasteiger partial charge in [0, 0.05) is 17.3 Å². The van der Waals surface area contributed by atoms with E-state index < -0.39 is 4.92 Å². The average Bonchev–Trinajstić information content (AvgIpc) is 2.94. The van der Waals surface area contributed by atoms with Crippen LogP contribution in [-0.2, 0) is 0 Å². The zero-order valence-electron chi connectivity index (χ0n) is 12.6. The van der Waals surface area contributed by atoms with Crippen molar-refractivity contribution >= 4 is 17.1 Å². The van der Waals surface area contributed by atoms with Gasteiger partial charge in [0.25, 0.3) is 11.6 Å². The summed E-state index contributed by atoms with van der Waals surface area (Å²) in [5.74, 6) is 0.734. The molecule has 0 aliphatic carbocycles. The van der Waals surface area contributed by atoms with Crippen molar-refractivity contribution in [3.05, 3.63) is 64.0 Å². The Morgan fingerprint density at radius 3 is 2.65 bits per heavy atom. The third kappa shape index (κ3) is 3.18. The Bertz CT molecular complexity index is 873. The Morgan fingerprint density at radius 1 is 1.17 bits per heavy atom. The number of nitrogens with zero attached hydrogens (tertiary/aromatic N) is 3. The van der Waals surface area contributed by atoms with Crippen molar-refractivity contribution in [1.82, 2.24) is 10.1 Å². The van der Waals surface area contributed by atoms with E-state index in [0.717, 1.165) is 11.3 Å². The molecule has 0 unspecified atom stereocenters. The summed E-state index contributed by atoms with van der Waals surface area (Å²) in [5, 5.41) is 18.1. The van der Waals surface area contributed by atoms with Crippen molar-refractivity contribution in [3.8, 4) is 11.5 Å². The van der Waals surface area contributed by atoms with E-state index in [4.69, 9.17) is 4.52 Å². The molecule has 23 heavy (non-hydrogen) atoms. The van der Waals surface area contributed by atoms with Crippen LogP contribution in [0.5, 0.6) is 0 Å². The Labute approximate surface area is 132 Å². The first kappa shape index (κ1) is 14.7. The zero-order chi connectivity index (χ0) is 16.4. The zero-order valence-corrected chi connectivity index (χ0v) is 12.6. The Hall–Kier alpha value is -3.22. The smallest absolute Gasteiger partial charge is 0.293 e. The number of aromatic nitrogens is 2. The van der Waals surface area contributed by atoms with E-state index in [1.54, 1.807) is 19.1 Å². The van der Waals surface area contributed by atoms with Crippen LogP contribution in [0.1, 0.15) is 11.4 Å². The molecule has 0 amide bonds. The van der Waals surface area contributed by atoms with Crippen LogP contribution in [0.3, 0.4) is 0 Å². The van der Waals surface area contributed by atoms with Gasteiger partial charge in [0.15, 0.2) is 5.82 Å². The monoisotopic (exact) mass is 310 g/mol. The van der Waals surface area contributed by atoms with Crippen LogP contribution >= 0.6 is 0 Å². The molecule has 3 aromatic rings. The quantitative estimate of drug-likeness (QED) is 0.578.